The summed E-state index contributed by atoms with van der Waals surface area (Å²) in [4.78, 5) is 4.32. The molecular weight excluding hydrogens is 297 g/mol. The van der Waals surface area contributed by atoms with Crippen LogP contribution >= 0.6 is 23.2 Å². The quantitative estimate of drug-likeness (QED) is 0.830. The first-order valence-corrected chi connectivity index (χ1v) is 6.63. The van der Waals surface area contributed by atoms with E-state index in [0.29, 0.717) is 22.0 Å². The third-order valence-corrected chi connectivity index (χ3v) is 3.24. The maximum absolute atomic E-state index is 9.87. The molecule has 5 heteroatoms. The van der Waals surface area contributed by atoms with Gasteiger partial charge < -0.3 is 9.84 Å². The number of phenols is 1. The molecule has 0 saturated carbocycles. The van der Waals surface area contributed by atoms with Crippen LogP contribution in [-0.4, -0.2) is 18.4 Å². The van der Waals surface area contributed by atoms with E-state index in [9.17, 15) is 5.11 Å². The molecule has 0 aromatic heterocycles. The molecule has 0 aliphatic heterocycles. The number of benzene rings is 2. The van der Waals surface area contributed by atoms with Crippen molar-refractivity contribution >= 4 is 35.1 Å². The molecule has 2 aromatic rings. The summed E-state index contributed by atoms with van der Waals surface area (Å²) >= 11 is 11.8. The highest BCUT2D eigenvalue weighted by atomic mass is 35.5. The highest BCUT2D eigenvalue weighted by molar-refractivity contribution is 6.36. The highest BCUT2D eigenvalue weighted by Gasteiger charge is 2.07. The maximum Gasteiger partial charge on any atom is 0.144 e. The van der Waals surface area contributed by atoms with Crippen LogP contribution in [0.3, 0.4) is 0 Å². The lowest BCUT2D eigenvalue weighted by Gasteiger charge is -2.06. The normalized spacial score (nSPS) is 11.0. The second-order valence-corrected chi connectivity index (χ2v) is 5.10. The summed E-state index contributed by atoms with van der Waals surface area (Å²) in [5, 5.41) is 10.5. The minimum Gasteiger partial charge on any atom is -0.506 e. The molecule has 20 heavy (non-hydrogen) atoms. The Hall–Kier alpha value is -1.71. The standard InChI is InChI=1S/C15H13Cl2NO2/c1-9-3-4-14(20-2)13(5-9)18-8-10-6-11(16)7-12(17)15(10)19/h3-8,19H,1-2H3. The molecular formula is C15H13Cl2NO2. The van der Waals surface area contributed by atoms with Gasteiger partial charge in [0.25, 0.3) is 0 Å². The molecule has 2 aromatic carbocycles. The molecule has 0 aliphatic rings. The lowest BCUT2D eigenvalue weighted by atomic mass is 10.2. The molecule has 0 fully saturated rings. The van der Waals surface area contributed by atoms with Crippen molar-refractivity contribution in [1.29, 1.82) is 0 Å². The summed E-state index contributed by atoms with van der Waals surface area (Å²) in [6, 6.07) is 8.73. The van der Waals surface area contributed by atoms with Crippen LogP contribution in [0.2, 0.25) is 10.0 Å². The molecule has 1 N–H and O–H groups in total. The first-order chi connectivity index (χ1) is 9.51. The zero-order valence-electron chi connectivity index (χ0n) is 11.0. The van der Waals surface area contributed by atoms with E-state index in [1.807, 2.05) is 25.1 Å². The summed E-state index contributed by atoms with van der Waals surface area (Å²) in [5.74, 6) is 0.603. The van der Waals surface area contributed by atoms with Crippen molar-refractivity contribution in [2.45, 2.75) is 6.92 Å². The Morgan fingerprint density at radius 3 is 2.65 bits per heavy atom. The van der Waals surface area contributed by atoms with E-state index in [1.165, 1.54) is 12.3 Å². The summed E-state index contributed by atoms with van der Waals surface area (Å²) in [5.41, 5.74) is 2.18. The third-order valence-electron chi connectivity index (χ3n) is 2.73. The van der Waals surface area contributed by atoms with Gasteiger partial charge in [0.2, 0.25) is 0 Å². The molecule has 0 heterocycles. The van der Waals surface area contributed by atoms with Crippen LogP contribution in [0.25, 0.3) is 0 Å². The van der Waals surface area contributed by atoms with Crippen molar-refractivity contribution in [2.75, 3.05) is 7.11 Å². The monoisotopic (exact) mass is 309 g/mol. The second-order valence-electron chi connectivity index (χ2n) is 4.26. The van der Waals surface area contributed by atoms with Crippen LogP contribution in [0, 0.1) is 6.92 Å². The van der Waals surface area contributed by atoms with Gasteiger partial charge in [-0.15, -0.1) is 0 Å². The minimum absolute atomic E-state index is 0.0496. The maximum atomic E-state index is 9.87. The number of aliphatic imine (C=N–C) groups is 1. The van der Waals surface area contributed by atoms with Crippen molar-refractivity contribution in [3.8, 4) is 11.5 Å². The number of hydrogen-bond acceptors (Lipinski definition) is 3. The van der Waals surface area contributed by atoms with Crippen LogP contribution in [0.15, 0.2) is 35.3 Å². The summed E-state index contributed by atoms with van der Waals surface area (Å²) < 4.78 is 5.24. The SMILES string of the molecule is COc1ccc(C)cc1N=Cc1cc(Cl)cc(Cl)c1O. The van der Waals surface area contributed by atoms with Crippen LogP contribution in [0.5, 0.6) is 11.5 Å². The number of methoxy groups -OCH3 is 1. The minimum atomic E-state index is -0.0496. The van der Waals surface area contributed by atoms with Crippen LogP contribution in [-0.2, 0) is 0 Å². The van der Waals surface area contributed by atoms with Crippen molar-refractivity contribution in [2.24, 2.45) is 4.99 Å². The first kappa shape index (κ1) is 14.7. The predicted octanol–water partition coefficient (Wildman–Crippen LogP) is 4.77. The molecule has 0 radical (unpaired) electrons. The third kappa shape index (κ3) is 3.24. The van der Waals surface area contributed by atoms with Crippen LogP contribution < -0.4 is 4.74 Å². The number of rotatable bonds is 3. The second kappa shape index (κ2) is 6.16. The molecule has 0 amide bonds. The van der Waals surface area contributed by atoms with Gasteiger partial charge in [0.05, 0.1) is 12.1 Å². The van der Waals surface area contributed by atoms with E-state index in [0.717, 1.165) is 5.56 Å². The fourth-order valence-corrected chi connectivity index (χ4v) is 2.23. The van der Waals surface area contributed by atoms with Crippen molar-refractivity contribution in [1.82, 2.24) is 0 Å². The predicted molar refractivity (Wildman–Crippen MR) is 83.1 cm³/mol. The fraction of sp³-hybridized carbons (Fsp3) is 0.133. The molecule has 0 atom stereocenters. The number of halogens is 2. The van der Waals surface area contributed by atoms with E-state index in [2.05, 4.69) is 4.99 Å². The van der Waals surface area contributed by atoms with Gasteiger partial charge in [0.15, 0.2) is 0 Å². The highest BCUT2D eigenvalue weighted by Crippen LogP contribution is 2.32. The van der Waals surface area contributed by atoms with Gasteiger partial charge in [-0.1, -0.05) is 29.3 Å². The van der Waals surface area contributed by atoms with E-state index in [1.54, 1.807) is 13.2 Å². The number of hydrogen-bond donors (Lipinski definition) is 1. The lowest BCUT2D eigenvalue weighted by molar-refractivity contribution is 0.416. The summed E-state index contributed by atoms with van der Waals surface area (Å²) in [7, 11) is 1.58. The topological polar surface area (TPSA) is 41.8 Å². The van der Waals surface area contributed by atoms with Gasteiger partial charge in [-0.3, -0.25) is 4.99 Å². The van der Waals surface area contributed by atoms with Crippen molar-refractivity contribution < 1.29 is 9.84 Å². The van der Waals surface area contributed by atoms with Crippen LogP contribution in [0.1, 0.15) is 11.1 Å². The Labute approximate surface area is 127 Å². The molecule has 3 nitrogen and oxygen atoms in total. The summed E-state index contributed by atoms with van der Waals surface area (Å²) in [6.45, 7) is 1.96. The molecule has 104 valence electrons. The van der Waals surface area contributed by atoms with Crippen LogP contribution in [0.4, 0.5) is 5.69 Å². The van der Waals surface area contributed by atoms with E-state index in [-0.39, 0.29) is 10.8 Å². The smallest absolute Gasteiger partial charge is 0.144 e. The molecule has 0 bridgehead atoms. The molecule has 0 spiro atoms. The summed E-state index contributed by atoms with van der Waals surface area (Å²) in [6.07, 6.45) is 1.50. The number of phenolic OH excluding ortho intramolecular Hbond substituents is 1. The van der Waals surface area contributed by atoms with Gasteiger partial charge in [0.1, 0.15) is 17.2 Å². The van der Waals surface area contributed by atoms with Gasteiger partial charge >= 0.3 is 0 Å². The average Bonchev–Trinajstić information content (AvgIpc) is 2.41. The number of aromatic hydroxyl groups is 1. The van der Waals surface area contributed by atoms with Gasteiger partial charge in [-0.2, -0.15) is 0 Å². The zero-order chi connectivity index (χ0) is 14.7. The largest absolute Gasteiger partial charge is 0.506 e. The Morgan fingerprint density at radius 2 is 1.95 bits per heavy atom. The van der Waals surface area contributed by atoms with Gasteiger partial charge in [0, 0.05) is 16.8 Å². The van der Waals surface area contributed by atoms with Gasteiger partial charge in [-0.05, 0) is 36.8 Å². The Kier molecular flexibility index (Phi) is 4.53. The molecule has 0 saturated heterocycles. The van der Waals surface area contributed by atoms with E-state index >= 15 is 0 Å². The lowest BCUT2D eigenvalue weighted by Crippen LogP contribution is -1.87. The van der Waals surface area contributed by atoms with E-state index < -0.39 is 0 Å². The molecule has 0 unspecified atom stereocenters. The zero-order valence-corrected chi connectivity index (χ0v) is 12.5. The average molecular weight is 310 g/mol. The number of nitrogens with zero attached hydrogens (tertiary/aromatic N) is 1. The van der Waals surface area contributed by atoms with E-state index in [4.69, 9.17) is 27.9 Å². The van der Waals surface area contributed by atoms with Gasteiger partial charge in [-0.25, -0.2) is 0 Å². The Bertz CT molecular complexity index is 669. The molecule has 0 aliphatic carbocycles. The fourth-order valence-electron chi connectivity index (χ4n) is 1.72. The number of aryl methyl sites for hydroxylation is 1. The van der Waals surface area contributed by atoms with Crippen molar-refractivity contribution in [3.05, 3.63) is 51.5 Å². The first-order valence-electron chi connectivity index (χ1n) is 5.88. The Balaban J connectivity index is 2.42. The number of ether oxygens (including phenoxy) is 1. The van der Waals surface area contributed by atoms with Crippen molar-refractivity contribution in [3.63, 3.8) is 0 Å². The molecule has 2 rings (SSSR count). The Morgan fingerprint density at radius 1 is 1.20 bits per heavy atom.